The summed E-state index contributed by atoms with van der Waals surface area (Å²) in [5.41, 5.74) is 4.22. The second kappa shape index (κ2) is 21.8. The molecule has 64 heavy (non-hydrogen) atoms. The molecule has 0 aliphatic carbocycles. The molecule has 0 amide bonds. The Morgan fingerprint density at radius 3 is 1.72 bits per heavy atom. The molecule has 27 nitrogen and oxygen atoms in total. The summed E-state index contributed by atoms with van der Waals surface area (Å²) < 4.78 is 144. The number of aromatic hydroxyl groups is 1. The lowest BCUT2D eigenvalue weighted by atomic mass is 10.1. The van der Waals surface area contributed by atoms with E-state index in [2.05, 4.69) is 48.6 Å². The second-order valence-electron chi connectivity index (χ2n) is 11.9. The maximum absolute atomic E-state index is 12.9. The van der Waals surface area contributed by atoms with Crippen molar-refractivity contribution in [3.8, 4) is 5.75 Å². The van der Waals surface area contributed by atoms with Gasteiger partial charge in [0.1, 0.15) is 32.5 Å². The molecule has 0 saturated heterocycles. The summed E-state index contributed by atoms with van der Waals surface area (Å²) in [6.07, 6.45) is 0. The van der Waals surface area contributed by atoms with E-state index < -0.39 is 102 Å². The number of azo groups is 2. The zero-order valence-corrected chi connectivity index (χ0v) is 36.8. The number of benzene rings is 5. The predicted molar refractivity (Wildman–Crippen MR) is 220 cm³/mol. The van der Waals surface area contributed by atoms with Crippen molar-refractivity contribution in [2.45, 2.75) is 24.5 Å². The van der Waals surface area contributed by atoms with E-state index in [0.29, 0.717) is 6.07 Å². The number of nitrogens with zero attached hydrogens (tertiary/aromatic N) is 4. The van der Waals surface area contributed by atoms with E-state index in [0.717, 1.165) is 36.4 Å². The van der Waals surface area contributed by atoms with Crippen LogP contribution in [-0.2, 0) is 76.4 Å². The van der Waals surface area contributed by atoms with E-state index in [1.54, 1.807) is 0 Å². The van der Waals surface area contributed by atoms with Gasteiger partial charge in [0.2, 0.25) is 0 Å². The van der Waals surface area contributed by atoms with Crippen LogP contribution in [0.1, 0.15) is 0 Å². The van der Waals surface area contributed by atoms with Gasteiger partial charge in [-0.3, -0.25) is 17.5 Å². The number of anilines is 1. The number of hydrogen-bond acceptors (Lipinski definition) is 28. The van der Waals surface area contributed by atoms with Crippen LogP contribution in [0.25, 0.3) is 21.5 Å². The first-order valence-corrected chi connectivity index (χ1v) is 24.7. The van der Waals surface area contributed by atoms with Gasteiger partial charge in [0.05, 0.1) is 57.1 Å². The van der Waals surface area contributed by atoms with Crippen molar-refractivity contribution < 1.29 is 100 Å². The van der Waals surface area contributed by atoms with E-state index in [-0.39, 0.29) is 79.4 Å². The Bertz CT molecular complexity index is 3050. The van der Waals surface area contributed by atoms with Crippen LogP contribution in [-0.4, -0.2) is 88.4 Å². The third kappa shape index (κ3) is 12.5. The number of nitrogens with two attached hydrogens (primary N) is 1. The minimum absolute atomic E-state index is 0.0185. The normalized spacial score (nSPS) is 13.0. The highest BCUT2D eigenvalue weighted by molar-refractivity contribution is 7.94. The first-order valence-electron chi connectivity index (χ1n) is 16.4. The summed E-state index contributed by atoms with van der Waals surface area (Å²) in [6.45, 7) is -0.931. The Morgan fingerprint density at radius 1 is 0.578 bits per heavy atom. The number of hydrogen-bond donors (Lipinski definition) is 7. The van der Waals surface area contributed by atoms with Crippen LogP contribution in [0, 0.1) is 0 Å². The maximum atomic E-state index is 12.9. The Morgan fingerprint density at radius 2 is 1.12 bits per heavy atom. The molecule has 5 aromatic carbocycles. The first-order chi connectivity index (χ1) is 30.2. The summed E-state index contributed by atoms with van der Waals surface area (Å²) in [5, 5.41) is 62.4. The van der Waals surface area contributed by atoms with Crippen LogP contribution in [0.5, 0.6) is 5.75 Å². The molecular weight excluding hydrogens is 1010 g/mol. The molecule has 0 spiro atoms. The van der Waals surface area contributed by atoms with Gasteiger partial charge in [-0.25, -0.2) is 32.6 Å². The number of fused-ring (bicyclic) bond motifs is 2. The highest BCUT2D eigenvalue weighted by Gasteiger charge is 2.25. The molecule has 0 heterocycles. The minimum atomic E-state index is -5.17. The summed E-state index contributed by atoms with van der Waals surface area (Å²) in [6, 6.07) is 11.8. The quantitative estimate of drug-likeness (QED) is 0.00690. The standard InChI is InChI=1S/C30H27N5O22S7/c31-22-6-5-20-21(27(22)34-32-23-8-3-18(14-26(23)63(44,45)46)62(42,43)12-10-51-60-57-54-39)15-25(58-55-52-37)28(29(20)36)35-33-24-7-1-16-13-17(2-4-19(16)30(24)64(47,48)49)61(40,41)11-9-50-59-56-53-38/h1-8,13-15,36-39H,9-12,31H2,(H,44,45,46)(H,47,48,49)/b34-32+,35-33+. The zero-order valence-electron chi connectivity index (χ0n) is 31.1. The van der Waals surface area contributed by atoms with E-state index in [1.807, 2.05) is 0 Å². The number of phenols is 1. The van der Waals surface area contributed by atoms with E-state index in [1.165, 1.54) is 24.3 Å². The average molecular weight is 1030 g/mol. The molecule has 5 rings (SSSR count). The second-order valence-corrected chi connectivity index (χ2v) is 20.6. The molecule has 0 fully saturated rings. The minimum Gasteiger partial charge on any atom is -0.505 e. The first kappa shape index (κ1) is 50.7. The lowest BCUT2D eigenvalue weighted by Crippen LogP contribution is -2.12. The molecule has 0 aromatic heterocycles. The van der Waals surface area contributed by atoms with Crippen LogP contribution < -0.4 is 5.73 Å². The third-order valence-corrected chi connectivity index (χ3v) is 14.7. The van der Waals surface area contributed by atoms with Crippen LogP contribution >= 0.6 is 36.7 Å². The van der Waals surface area contributed by atoms with Gasteiger partial charge in [0.15, 0.2) is 50.1 Å². The van der Waals surface area contributed by atoms with Crippen molar-refractivity contribution >= 4 is 127 Å². The molecular formula is C30H27N5O22S7. The van der Waals surface area contributed by atoms with Gasteiger partial charge in [0.25, 0.3) is 20.2 Å². The van der Waals surface area contributed by atoms with Crippen molar-refractivity contribution in [1.82, 2.24) is 0 Å². The van der Waals surface area contributed by atoms with Gasteiger partial charge in [-0.1, -0.05) is 27.2 Å². The number of phenolic OH excluding ortho intramolecular Hbond substituents is 1. The molecule has 0 unspecified atom stereocenters. The molecule has 346 valence electrons. The highest BCUT2D eigenvalue weighted by Crippen LogP contribution is 2.48. The van der Waals surface area contributed by atoms with E-state index >= 15 is 0 Å². The average Bonchev–Trinajstić information content (AvgIpc) is 3.23. The van der Waals surface area contributed by atoms with Crippen LogP contribution in [0.3, 0.4) is 0 Å². The van der Waals surface area contributed by atoms with Crippen LogP contribution in [0.4, 0.5) is 28.4 Å². The SMILES string of the molecule is Nc1ccc2c(O)c(/N=N/c3ccc4cc(S(=O)(=O)CCOSOOO)ccc4c3S(=O)(=O)O)c(SOOO)cc2c1/N=N/c1ccc(S(=O)(=O)CCOSOOO)cc1S(=O)(=O)O. The van der Waals surface area contributed by atoms with Gasteiger partial charge in [-0.15, -0.1) is 33.5 Å². The highest BCUT2D eigenvalue weighted by atomic mass is 32.2. The predicted octanol–water partition coefficient (Wildman–Crippen LogP) is 6.58. The maximum Gasteiger partial charge on any atom is 0.297 e. The monoisotopic (exact) mass is 1030 g/mol. The largest absolute Gasteiger partial charge is 0.505 e. The molecule has 8 N–H and O–H groups in total. The van der Waals surface area contributed by atoms with Gasteiger partial charge >= 0.3 is 0 Å². The Kier molecular flexibility index (Phi) is 17.3. The lowest BCUT2D eigenvalue weighted by molar-refractivity contribution is -0.434. The van der Waals surface area contributed by atoms with Crippen molar-refractivity contribution in [2.24, 2.45) is 20.5 Å². The molecule has 34 heteroatoms. The summed E-state index contributed by atoms with van der Waals surface area (Å²) in [5.74, 6) is -2.01. The number of nitrogen functional groups attached to an aromatic ring is 1. The Balaban J connectivity index is 1.55. The Labute approximate surface area is 372 Å². The fourth-order valence-corrected chi connectivity index (χ4v) is 10.3. The smallest absolute Gasteiger partial charge is 0.297 e. The molecule has 0 saturated carbocycles. The van der Waals surface area contributed by atoms with Crippen molar-refractivity contribution in [3.63, 3.8) is 0 Å². The fourth-order valence-electron chi connectivity index (χ4n) is 5.40. The fraction of sp³-hybridized carbons (Fsp3) is 0.133. The van der Waals surface area contributed by atoms with Gasteiger partial charge in [-0.05, 0) is 60.0 Å². The van der Waals surface area contributed by atoms with Crippen LogP contribution in [0.15, 0.2) is 112 Å². The molecule has 5 aromatic rings. The number of sulfone groups is 2. The third-order valence-electron chi connectivity index (χ3n) is 8.10. The van der Waals surface area contributed by atoms with Crippen LogP contribution in [0.2, 0.25) is 0 Å². The van der Waals surface area contributed by atoms with Crippen molar-refractivity contribution in [1.29, 1.82) is 0 Å². The van der Waals surface area contributed by atoms with Crippen molar-refractivity contribution in [2.75, 3.05) is 30.5 Å². The molecule has 0 bridgehead atoms. The summed E-state index contributed by atoms with van der Waals surface area (Å²) in [4.78, 5) is -2.89. The molecule has 0 radical (unpaired) electrons. The van der Waals surface area contributed by atoms with Crippen molar-refractivity contribution in [3.05, 3.63) is 66.7 Å². The van der Waals surface area contributed by atoms with E-state index in [4.69, 9.17) is 29.9 Å². The van der Waals surface area contributed by atoms with Gasteiger partial charge < -0.3 is 10.8 Å². The number of rotatable bonds is 23. The molecule has 0 atom stereocenters. The van der Waals surface area contributed by atoms with Gasteiger partial charge in [-0.2, -0.15) is 16.8 Å². The Hall–Kier alpha value is -4.25. The zero-order chi connectivity index (χ0) is 46.9. The summed E-state index contributed by atoms with van der Waals surface area (Å²) in [7, 11) is -18.6. The van der Waals surface area contributed by atoms with E-state index in [9.17, 15) is 47.9 Å². The lowest BCUT2D eigenvalue weighted by Gasteiger charge is -2.12. The molecule has 0 aliphatic rings. The van der Waals surface area contributed by atoms with Gasteiger partial charge in [0, 0.05) is 16.2 Å². The summed E-state index contributed by atoms with van der Waals surface area (Å²) >= 11 is 0.485. The topological polar surface area (TPSA) is 407 Å². The molecule has 0 aliphatic heterocycles.